The molecule has 0 aromatic heterocycles. The minimum atomic E-state index is -0.680. The van der Waals surface area contributed by atoms with Crippen LogP contribution in [0.2, 0.25) is 0 Å². The van der Waals surface area contributed by atoms with Crippen molar-refractivity contribution in [3.63, 3.8) is 0 Å². The van der Waals surface area contributed by atoms with Gasteiger partial charge in [0.1, 0.15) is 0 Å². The number of aliphatic carboxylic acids is 1. The van der Waals surface area contributed by atoms with Crippen molar-refractivity contribution in [3.05, 3.63) is 11.6 Å². The second kappa shape index (κ2) is 5.61. The van der Waals surface area contributed by atoms with E-state index in [-0.39, 0.29) is 23.4 Å². The van der Waals surface area contributed by atoms with Crippen LogP contribution in [0, 0.1) is 34.5 Å². The molecule has 0 aromatic carbocycles. The summed E-state index contributed by atoms with van der Waals surface area (Å²) >= 11 is 0. The Hall–Kier alpha value is -0.830. The Kier molecular flexibility index (Phi) is 4.15. The monoisotopic (exact) mass is 320 g/mol. The van der Waals surface area contributed by atoms with Crippen LogP contribution in [0.5, 0.6) is 0 Å². The van der Waals surface area contributed by atoms with E-state index in [4.69, 9.17) is 0 Å². The van der Waals surface area contributed by atoms with Gasteiger partial charge in [0.25, 0.3) is 0 Å². The van der Waals surface area contributed by atoms with Crippen molar-refractivity contribution in [1.29, 1.82) is 0 Å². The number of hydrogen-bond acceptors (Lipinski definition) is 2. The molecule has 0 unspecified atom stereocenters. The van der Waals surface area contributed by atoms with Crippen LogP contribution in [0.15, 0.2) is 11.6 Å². The Bertz CT molecular complexity index is 523. The molecule has 23 heavy (non-hydrogen) atoms. The standard InChI is InChI=1S/C20H32O3/c1-12(2)13-6-7-15-14(10-13)16(21)11-17-19(15,3)8-5-9-20(17,4)18(22)23/h10,12,14-17,21H,5-9,11H2,1-4H3,(H,22,23)/t14-,15-,16+,17+,19+,20-/m0/s1. The molecule has 0 radical (unpaired) electrons. The lowest BCUT2D eigenvalue weighted by molar-refractivity contribution is -0.178. The number of aliphatic hydroxyl groups excluding tert-OH is 1. The summed E-state index contributed by atoms with van der Waals surface area (Å²) in [7, 11) is 0. The van der Waals surface area contributed by atoms with E-state index in [1.807, 2.05) is 6.92 Å². The van der Waals surface area contributed by atoms with Gasteiger partial charge in [-0.05, 0) is 62.2 Å². The lowest BCUT2D eigenvalue weighted by Gasteiger charge is -2.60. The van der Waals surface area contributed by atoms with Crippen LogP contribution in [0.25, 0.3) is 0 Å². The predicted octanol–water partition coefficient (Wildman–Crippen LogP) is 4.26. The Morgan fingerprint density at radius 2 is 2.00 bits per heavy atom. The predicted molar refractivity (Wildman–Crippen MR) is 90.9 cm³/mol. The third-order valence-electron chi connectivity index (χ3n) is 7.59. The molecule has 0 amide bonds. The number of fused-ring (bicyclic) bond motifs is 3. The van der Waals surface area contributed by atoms with Gasteiger partial charge in [0.05, 0.1) is 11.5 Å². The van der Waals surface area contributed by atoms with Gasteiger partial charge in [0.2, 0.25) is 0 Å². The van der Waals surface area contributed by atoms with Gasteiger partial charge in [-0.3, -0.25) is 4.79 Å². The minimum absolute atomic E-state index is 0.0499. The van der Waals surface area contributed by atoms with Gasteiger partial charge in [0.15, 0.2) is 0 Å². The molecule has 3 nitrogen and oxygen atoms in total. The number of carboxylic acid groups (broad SMARTS) is 1. The van der Waals surface area contributed by atoms with E-state index in [2.05, 4.69) is 26.8 Å². The maximum absolute atomic E-state index is 12.0. The number of allylic oxidation sites excluding steroid dienone is 1. The van der Waals surface area contributed by atoms with Crippen molar-refractivity contribution in [2.24, 2.45) is 34.5 Å². The van der Waals surface area contributed by atoms with Gasteiger partial charge in [-0.15, -0.1) is 0 Å². The van der Waals surface area contributed by atoms with Crippen molar-refractivity contribution in [3.8, 4) is 0 Å². The van der Waals surface area contributed by atoms with E-state index in [1.54, 1.807) is 0 Å². The van der Waals surface area contributed by atoms with E-state index in [0.717, 1.165) is 32.1 Å². The molecule has 3 aliphatic carbocycles. The number of aliphatic hydroxyl groups is 1. The number of hydrogen-bond donors (Lipinski definition) is 2. The smallest absolute Gasteiger partial charge is 0.309 e. The molecule has 0 heterocycles. The van der Waals surface area contributed by atoms with E-state index < -0.39 is 11.4 Å². The molecular weight excluding hydrogens is 288 g/mol. The highest BCUT2D eigenvalue weighted by Gasteiger charge is 2.60. The van der Waals surface area contributed by atoms with Gasteiger partial charge in [0, 0.05) is 5.92 Å². The molecule has 2 N–H and O–H groups in total. The number of carboxylic acids is 1. The zero-order chi connectivity index (χ0) is 17.0. The maximum atomic E-state index is 12.0. The molecule has 3 heteroatoms. The van der Waals surface area contributed by atoms with Crippen LogP contribution < -0.4 is 0 Å². The molecule has 0 aromatic rings. The second-order valence-corrected chi connectivity index (χ2v) is 9.06. The van der Waals surface area contributed by atoms with Gasteiger partial charge in [-0.25, -0.2) is 0 Å². The van der Waals surface area contributed by atoms with Crippen LogP contribution in [-0.2, 0) is 4.79 Å². The van der Waals surface area contributed by atoms with Gasteiger partial charge >= 0.3 is 5.97 Å². The maximum Gasteiger partial charge on any atom is 0.309 e. The molecule has 0 saturated heterocycles. The number of carbonyl (C=O) groups is 1. The first-order valence-electron chi connectivity index (χ1n) is 9.32. The fourth-order valence-corrected chi connectivity index (χ4v) is 6.13. The summed E-state index contributed by atoms with van der Waals surface area (Å²) in [5, 5.41) is 20.7. The lowest BCUT2D eigenvalue weighted by Crippen LogP contribution is -2.58. The normalized spacial score (nSPS) is 46.8. The summed E-state index contributed by atoms with van der Waals surface area (Å²) in [6.45, 7) is 8.69. The summed E-state index contributed by atoms with van der Waals surface area (Å²) in [6.07, 6.45) is 7.67. The molecule has 2 fully saturated rings. The van der Waals surface area contributed by atoms with Crippen molar-refractivity contribution in [1.82, 2.24) is 0 Å². The van der Waals surface area contributed by atoms with E-state index >= 15 is 0 Å². The van der Waals surface area contributed by atoms with Crippen molar-refractivity contribution in [2.45, 2.75) is 72.3 Å². The van der Waals surface area contributed by atoms with E-state index in [1.165, 1.54) is 5.57 Å². The first kappa shape index (κ1) is 17.0. The van der Waals surface area contributed by atoms with Crippen LogP contribution in [0.1, 0.15) is 66.2 Å². The summed E-state index contributed by atoms with van der Waals surface area (Å²) in [5.74, 6) is 0.611. The zero-order valence-corrected chi connectivity index (χ0v) is 15.0. The molecule has 130 valence electrons. The Morgan fingerprint density at radius 1 is 1.30 bits per heavy atom. The molecule has 2 saturated carbocycles. The first-order valence-corrected chi connectivity index (χ1v) is 9.32. The number of rotatable bonds is 2. The summed E-state index contributed by atoms with van der Waals surface area (Å²) in [6, 6.07) is 0. The molecule has 0 spiro atoms. The summed E-state index contributed by atoms with van der Waals surface area (Å²) < 4.78 is 0. The quantitative estimate of drug-likeness (QED) is 0.748. The Labute approximate surface area is 140 Å². The van der Waals surface area contributed by atoms with E-state index in [0.29, 0.717) is 18.3 Å². The van der Waals surface area contributed by atoms with Crippen molar-refractivity contribution < 1.29 is 15.0 Å². The van der Waals surface area contributed by atoms with Crippen LogP contribution in [0.4, 0.5) is 0 Å². The zero-order valence-electron chi connectivity index (χ0n) is 15.0. The topological polar surface area (TPSA) is 57.5 Å². The highest BCUT2D eigenvalue weighted by molar-refractivity contribution is 5.75. The average Bonchev–Trinajstić information content (AvgIpc) is 2.49. The molecule has 0 aliphatic heterocycles. The highest BCUT2D eigenvalue weighted by Crippen LogP contribution is 2.63. The second-order valence-electron chi connectivity index (χ2n) is 9.06. The SMILES string of the molecule is CC(C)C1=C[C@@H]2[C@H](O)C[C@@H]3[C@](C)(CCC[C@]3(C)C(=O)O)[C@H]2CC1. The summed E-state index contributed by atoms with van der Waals surface area (Å²) in [5.41, 5.74) is 0.846. The molecule has 6 atom stereocenters. The third kappa shape index (κ3) is 2.47. The van der Waals surface area contributed by atoms with Crippen molar-refractivity contribution in [2.75, 3.05) is 0 Å². The van der Waals surface area contributed by atoms with Gasteiger partial charge < -0.3 is 10.2 Å². The molecule has 3 rings (SSSR count). The average molecular weight is 320 g/mol. The lowest BCUT2D eigenvalue weighted by atomic mass is 9.44. The van der Waals surface area contributed by atoms with Crippen LogP contribution in [-0.4, -0.2) is 22.3 Å². The molecule has 0 bridgehead atoms. The van der Waals surface area contributed by atoms with Gasteiger partial charge in [-0.1, -0.05) is 38.8 Å². The van der Waals surface area contributed by atoms with Crippen LogP contribution >= 0.6 is 0 Å². The van der Waals surface area contributed by atoms with E-state index in [9.17, 15) is 15.0 Å². The minimum Gasteiger partial charge on any atom is -0.481 e. The highest BCUT2D eigenvalue weighted by atomic mass is 16.4. The molecule has 3 aliphatic rings. The fraction of sp³-hybridized carbons (Fsp3) is 0.850. The van der Waals surface area contributed by atoms with Gasteiger partial charge in [-0.2, -0.15) is 0 Å². The third-order valence-corrected chi connectivity index (χ3v) is 7.59. The molecular formula is C20H32O3. The fourth-order valence-electron chi connectivity index (χ4n) is 6.13. The summed E-state index contributed by atoms with van der Waals surface area (Å²) in [4.78, 5) is 12.0. The largest absolute Gasteiger partial charge is 0.481 e. The van der Waals surface area contributed by atoms with Crippen molar-refractivity contribution >= 4 is 5.97 Å². The van der Waals surface area contributed by atoms with Crippen LogP contribution in [0.3, 0.4) is 0 Å². The Morgan fingerprint density at radius 3 is 2.61 bits per heavy atom. The first-order chi connectivity index (χ1) is 10.7. The Balaban J connectivity index is 1.99.